The molecular formula is C12H19ClN2O2. The Balaban J connectivity index is 0.00000144. The second-order valence-electron chi connectivity index (χ2n) is 4.58. The van der Waals surface area contributed by atoms with Crippen molar-refractivity contribution in [1.82, 2.24) is 4.90 Å². The Bertz CT molecular complexity index is 392. The van der Waals surface area contributed by atoms with Gasteiger partial charge in [0.25, 0.3) is 5.91 Å². The molecule has 1 aromatic rings. The number of carbonyl (C=O) groups excluding carboxylic acids is 1. The zero-order valence-electron chi connectivity index (χ0n) is 10.2. The van der Waals surface area contributed by atoms with Gasteiger partial charge in [-0.1, -0.05) is 0 Å². The molecule has 1 amide bonds. The standard InChI is InChI=1S/C12H18N2O2.ClH/c1-8-3-4-16-11(8)12(15)14-7-10(6-13)5-9(14)2;/h3-4,9-10H,5-7,13H2,1-2H3;1H. The molecule has 1 saturated heterocycles. The summed E-state index contributed by atoms with van der Waals surface area (Å²) in [4.78, 5) is 14.1. The van der Waals surface area contributed by atoms with Gasteiger partial charge in [0.05, 0.1) is 6.26 Å². The van der Waals surface area contributed by atoms with Crippen LogP contribution in [0.4, 0.5) is 0 Å². The molecule has 1 fully saturated rings. The van der Waals surface area contributed by atoms with Crippen LogP contribution in [0.1, 0.15) is 29.5 Å². The minimum atomic E-state index is -0.00838. The van der Waals surface area contributed by atoms with E-state index >= 15 is 0 Å². The van der Waals surface area contributed by atoms with E-state index < -0.39 is 0 Å². The van der Waals surface area contributed by atoms with Crippen LogP contribution in [-0.2, 0) is 0 Å². The molecule has 0 saturated carbocycles. The largest absolute Gasteiger partial charge is 0.459 e. The van der Waals surface area contributed by atoms with Crippen molar-refractivity contribution >= 4 is 18.3 Å². The van der Waals surface area contributed by atoms with Gasteiger partial charge >= 0.3 is 0 Å². The van der Waals surface area contributed by atoms with E-state index in [0.717, 1.165) is 18.5 Å². The minimum Gasteiger partial charge on any atom is -0.459 e. The Kier molecular flexibility index (Phi) is 4.60. The number of hydrogen-bond donors (Lipinski definition) is 1. The number of hydrogen-bond acceptors (Lipinski definition) is 3. The molecule has 4 nitrogen and oxygen atoms in total. The zero-order valence-corrected chi connectivity index (χ0v) is 11.0. The van der Waals surface area contributed by atoms with E-state index in [4.69, 9.17) is 10.2 Å². The average Bonchev–Trinajstić information content (AvgIpc) is 2.83. The minimum absolute atomic E-state index is 0. The Labute approximate surface area is 108 Å². The van der Waals surface area contributed by atoms with Crippen LogP contribution in [0.3, 0.4) is 0 Å². The first kappa shape index (κ1) is 14.1. The number of rotatable bonds is 2. The molecule has 2 rings (SSSR count). The van der Waals surface area contributed by atoms with E-state index in [0.29, 0.717) is 18.2 Å². The Hall–Kier alpha value is -1.00. The second kappa shape index (κ2) is 5.56. The number of furan rings is 1. The molecule has 0 aromatic carbocycles. The van der Waals surface area contributed by atoms with E-state index in [-0.39, 0.29) is 24.4 Å². The monoisotopic (exact) mass is 258 g/mol. The van der Waals surface area contributed by atoms with Crippen molar-refractivity contribution in [3.63, 3.8) is 0 Å². The molecule has 96 valence electrons. The van der Waals surface area contributed by atoms with Gasteiger partial charge in [0.1, 0.15) is 0 Å². The highest BCUT2D eigenvalue weighted by Crippen LogP contribution is 2.25. The molecule has 17 heavy (non-hydrogen) atoms. The quantitative estimate of drug-likeness (QED) is 0.880. The molecule has 2 unspecified atom stereocenters. The molecule has 5 heteroatoms. The smallest absolute Gasteiger partial charge is 0.290 e. The number of nitrogens with zero attached hydrogens (tertiary/aromatic N) is 1. The van der Waals surface area contributed by atoms with Gasteiger partial charge in [-0.15, -0.1) is 12.4 Å². The summed E-state index contributed by atoms with van der Waals surface area (Å²) >= 11 is 0. The van der Waals surface area contributed by atoms with E-state index in [2.05, 4.69) is 6.92 Å². The summed E-state index contributed by atoms with van der Waals surface area (Å²) in [6.07, 6.45) is 2.55. The summed E-state index contributed by atoms with van der Waals surface area (Å²) in [5.41, 5.74) is 6.54. The number of amides is 1. The van der Waals surface area contributed by atoms with E-state index in [9.17, 15) is 4.79 Å². The molecule has 0 aliphatic carbocycles. The molecule has 1 aliphatic heterocycles. The maximum Gasteiger partial charge on any atom is 0.290 e. The highest BCUT2D eigenvalue weighted by atomic mass is 35.5. The first-order chi connectivity index (χ1) is 7.63. The maximum atomic E-state index is 12.2. The van der Waals surface area contributed by atoms with Gasteiger partial charge in [-0.05, 0) is 38.8 Å². The van der Waals surface area contributed by atoms with Gasteiger partial charge < -0.3 is 15.1 Å². The van der Waals surface area contributed by atoms with E-state index in [1.165, 1.54) is 0 Å². The van der Waals surface area contributed by atoms with Crippen molar-refractivity contribution in [3.8, 4) is 0 Å². The fourth-order valence-corrected chi connectivity index (χ4v) is 2.32. The van der Waals surface area contributed by atoms with Crippen LogP contribution in [0.5, 0.6) is 0 Å². The molecule has 1 aliphatic rings. The van der Waals surface area contributed by atoms with Crippen LogP contribution < -0.4 is 5.73 Å². The average molecular weight is 259 g/mol. The lowest BCUT2D eigenvalue weighted by Gasteiger charge is -2.20. The number of carbonyl (C=O) groups is 1. The van der Waals surface area contributed by atoms with Crippen LogP contribution in [0, 0.1) is 12.8 Å². The van der Waals surface area contributed by atoms with Crippen molar-refractivity contribution in [3.05, 3.63) is 23.7 Å². The fourth-order valence-electron chi connectivity index (χ4n) is 2.32. The highest BCUT2D eigenvalue weighted by Gasteiger charge is 2.33. The van der Waals surface area contributed by atoms with Crippen LogP contribution in [0.2, 0.25) is 0 Å². The lowest BCUT2D eigenvalue weighted by molar-refractivity contribution is 0.0710. The molecule has 0 radical (unpaired) electrons. The van der Waals surface area contributed by atoms with Gasteiger partial charge in [0.15, 0.2) is 5.76 Å². The summed E-state index contributed by atoms with van der Waals surface area (Å²) in [5.74, 6) is 0.879. The SMILES string of the molecule is Cc1ccoc1C(=O)N1CC(CN)CC1C.Cl. The molecule has 0 spiro atoms. The maximum absolute atomic E-state index is 12.2. The number of aryl methyl sites for hydroxylation is 1. The van der Waals surface area contributed by atoms with Crippen molar-refractivity contribution in [2.24, 2.45) is 11.7 Å². The fraction of sp³-hybridized carbons (Fsp3) is 0.583. The highest BCUT2D eigenvalue weighted by molar-refractivity contribution is 5.93. The normalized spacial score (nSPS) is 23.6. The Morgan fingerprint density at radius 2 is 2.35 bits per heavy atom. The third kappa shape index (κ3) is 2.64. The lowest BCUT2D eigenvalue weighted by Crippen LogP contribution is -2.34. The summed E-state index contributed by atoms with van der Waals surface area (Å²) in [6.45, 7) is 5.34. The van der Waals surface area contributed by atoms with Gasteiger partial charge in [0.2, 0.25) is 0 Å². The Morgan fingerprint density at radius 1 is 1.65 bits per heavy atom. The number of halogens is 1. The van der Waals surface area contributed by atoms with E-state index in [1.807, 2.05) is 17.9 Å². The number of likely N-dealkylation sites (tertiary alicyclic amines) is 1. The molecular weight excluding hydrogens is 240 g/mol. The second-order valence-corrected chi connectivity index (χ2v) is 4.58. The third-order valence-electron chi connectivity index (χ3n) is 3.31. The predicted octanol–water partition coefficient (Wildman–Crippen LogP) is 1.82. The molecule has 1 aromatic heterocycles. The molecule has 2 atom stereocenters. The topological polar surface area (TPSA) is 59.5 Å². The Morgan fingerprint density at radius 3 is 2.82 bits per heavy atom. The predicted molar refractivity (Wildman–Crippen MR) is 68.4 cm³/mol. The van der Waals surface area contributed by atoms with Crippen LogP contribution in [0.15, 0.2) is 16.7 Å². The van der Waals surface area contributed by atoms with Crippen molar-refractivity contribution in [2.75, 3.05) is 13.1 Å². The van der Waals surface area contributed by atoms with Crippen molar-refractivity contribution in [2.45, 2.75) is 26.3 Å². The van der Waals surface area contributed by atoms with Crippen molar-refractivity contribution < 1.29 is 9.21 Å². The lowest BCUT2D eigenvalue weighted by atomic mass is 10.1. The summed E-state index contributed by atoms with van der Waals surface area (Å²) < 4.78 is 5.23. The third-order valence-corrected chi connectivity index (χ3v) is 3.31. The van der Waals surface area contributed by atoms with Gasteiger partial charge in [-0.2, -0.15) is 0 Å². The summed E-state index contributed by atoms with van der Waals surface area (Å²) in [7, 11) is 0. The zero-order chi connectivity index (χ0) is 11.7. The van der Waals surface area contributed by atoms with Crippen LogP contribution >= 0.6 is 12.4 Å². The first-order valence-electron chi connectivity index (χ1n) is 5.68. The van der Waals surface area contributed by atoms with Gasteiger partial charge in [-0.25, -0.2) is 0 Å². The van der Waals surface area contributed by atoms with Crippen LogP contribution in [0.25, 0.3) is 0 Å². The first-order valence-corrected chi connectivity index (χ1v) is 5.68. The van der Waals surface area contributed by atoms with Gasteiger partial charge in [-0.3, -0.25) is 4.79 Å². The summed E-state index contributed by atoms with van der Waals surface area (Å²) in [5, 5.41) is 0. The molecule has 2 heterocycles. The molecule has 0 bridgehead atoms. The molecule has 2 N–H and O–H groups in total. The van der Waals surface area contributed by atoms with E-state index in [1.54, 1.807) is 6.26 Å². The van der Waals surface area contributed by atoms with Gasteiger partial charge in [0, 0.05) is 18.2 Å². The number of nitrogens with two attached hydrogens (primary N) is 1. The van der Waals surface area contributed by atoms with Crippen molar-refractivity contribution in [1.29, 1.82) is 0 Å². The van der Waals surface area contributed by atoms with Crippen LogP contribution in [-0.4, -0.2) is 29.9 Å². The summed E-state index contributed by atoms with van der Waals surface area (Å²) in [6, 6.07) is 2.07.